The molecule has 1 aromatic rings. The van der Waals surface area contributed by atoms with E-state index >= 15 is 0 Å². The first-order chi connectivity index (χ1) is 6.90. The second kappa shape index (κ2) is 4.72. The summed E-state index contributed by atoms with van der Waals surface area (Å²) in [5, 5.41) is 9.00. The van der Waals surface area contributed by atoms with Gasteiger partial charge in [-0.15, -0.1) is 0 Å². The fourth-order valence-corrected chi connectivity index (χ4v) is 1.21. The van der Waals surface area contributed by atoms with E-state index in [1.807, 2.05) is 0 Å². The molecule has 0 radical (unpaired) electrons. The number of hydrogen-bond acceptors (Lipinski definition) is 2. The average Bonchev–Trinajstić information content (AvgIpc) is 2.13. The van der Waals surface area contributed by atoms with Crippen LogP contribution in [0.1, 0.15) is 5.56 Å². The van der Waals surface area contributed by atoms with Crippen LogP contribution in [0.25, 0.3) is 0 Å². The SMILES string of the molecule is OCc1cc(Cl)cc(OCC(F)(F)F)c1. The second-order valence-electron chi connectivity index (χ2n) is 2.86. The highest BCUT2D eigenvalue weighted by Crippen LogP contribution is 2.23. The summed E-state index contributed by atoms with van der Waals surface area (Å²) in [6.45, 7) is -1.68. The van der Waals surface area contributed by atoms with Gasteiger partial charge in [-0.25, -0.2) is 0 Å². The highest BCUT2D eigenvalue weighted by molar-refractivity contribution is 6.30. The predicted molar refractivity (Wildman–Crippen MR) is 48.9 cm³/mol. The van der Waals surface area contributed by atoms with Crippen molar-refractivity contribution in [3.63, 3.8) is 0 Å². The lowest BCUT2D eigenvalue weighted by atomic mass is 10.2. The molecule has 0 unspecified atom stereocenters. The highest BCUT2D eigenvalue weighted by atomic mass is 35.5. The third kappa shape index (κ3) is 4.40. The molecule has 0 bridgehead atoms. The van der Waals surface area contributed by atoms with Crippen LogP contribution in [0, 0.1) is 0 Å². The maximum atomic E-state index is 11.8. The molecule has 1 N–H and O–H groups in total. The minimum absolute atomic E-state index is 0.0103. The summed E-state index contributed by atoms with van der Waals surface area (Å²) in [5.74, 6) is -0.0103. The minimum atomic E-state index is -4.39. The molecular weight excluding hydrogens is 233 g/mol. The van der Waals surface area contributed by atoms with E-state index in [0.29, 0.717) is 5.56 Å². The van der Waals surface area contributed by atoms with Gasteiger partial charge in [0.1, 0.15) is 5.75 Å². The van der Waals surface area contributed by atoms with Crippen molar-refractivity contribution in [1.82, 2.24) is 0 Å². The van der Waals surface area contributed by atoms with Gasteiger partial charge < -0.3 is 9.84 Å². The third-order valence-electron chi connectivity index (χ3n) is 1.52. The second-order valence-corrected chi connectivity index (χ2v) is 3.29. The zero-order chi connectivity index (χ0) is 11.5. The lowest BCUT2D eigenvalue weighted by Crippen LogP contribution is -2.19. The number of aliphatic hydroxyl groups is 1. The van der Waals surface area contributed by atoms with Crippen LogP contribution in [0.3, 0.4) is 0 Å². The molecule has 0 aliphatic rings. The molecule has 15 heavy (non-hydrogen) atoms. The first-order valence-electron chi connectivity index (χ1n) is 4.00. The average molecular weight is 241 g/mol. The summed E-state index contributed by atoms with van der Waals surface area (Å²) >= 11 is 5.61. The van der Waals surface area contributed by atoms with Gasteiger partial charge in [-0.2, -0.15) is 13.2 Å². The maximum Gasteiger partial charge on any atom is 0.422 e. The summed E-state index contributed by atoms with van der Waals surface area (Å²) in [6.07, 6.45) is -4.39. The quantitative estimate of drug-likeness (QED) is 0.880. The van der Waals surface area contributed by atoms with E-state index in [4.69, 9.17) is 16.7 Å². The van der Waals surface area contributed by atoms with Gasteiger partial charge in [0.2, 0.25) is 0 Å². The molecule has 0 fully saturated rings. The van der Waals surface area contributed by atoms with Crippen molar-refractivity contribution in [2.75, 3.05) is 6.61 Å². The van der Waals surface area contributed by atoms with Crippen LogP contribution < -0.4 is 4.74 Å². The monoisotopic (exact) mass is 240 g/mol. The van der Waals surface area contributed by atoms with Gasteiger partial charge in [0, 0.05) is 5.02 Å². The molecule has 0 heterocycles. The number of aliphatic hydroxyl groups excluding tert-OH is 1. The lowest BCUT2D eigenvalue weighted by Gasteiger charge is -2.10. The molecule has 2 nitrogen and oxygen atoms in total. The van der Waals surface area contributed by atoms with Crippen molar-refractivity contribution < 1.29 is 23.0 Å². The maximum absolute atomic E-state index is 11.8. The molecule has 84 valence electrons. The van der Waals surface area contributed by atoms with E-state index in [-0.39, 0.29) is 17.4 Å². The van der Waals surface area contributed by atoms with Crippen molar-refractivity contribution in [3.05, 3.63) is 28.8 Å². The van der Waals surface area contributed by atoms with E-state index in [0.717, 1.165) is 0 Å². The molecule has 0 aliphatic heterocycles. The highest BCUT2D eigenvalue weighted by Gasteiger charge is 2.28. The molecule has 0 aliphatic carbocycles. The van der Waals surface area contributed by atoms with Crippen molar-refractivity contribution >= 4 is 11.6 Å². The molecular formula is C9H8ClF3O2. The number of alkyl halides is 3. The van der Waals surface area contributed by atoms with Crippen LogP contribution >= 0.6 is 11.6 Å². The van der Waals surface area contributed by atoms with Gasteiger partial charge in [-0.05, 0) is 23.8 Å². The van der Waals surface area contributed by atoms with E-state index in [2.05, 4.69) is 4.74 Å². The molecule has 0 atom stereocenters. The van der Waals surface area contributed by atoms with Gasteiger partial charge >= 0.3 is 6.18 Å². The molecule has 0 saturated carbocycles. The van der Waals surface area contributed by atoms with Crippen molar-refractivity contribution in [2.45, 2.75) is 12.8 Å². The molecule has 0 aromatic heterocycles. The zero-order valence-corrected chi connectivity index (χ0v) is 8.27. The zero-order valence-electron chi connectivity index (χ0n) is 7.51. The Morgan fingerprint density at radius 1 is 1.27 bits per heavy atom. The van der Waals surface area contributed by atoms with Crippen LogP contribution in [0.5, 0.6) is 5.75 Å². The van der Waals surface area contributed by atoms with Crippen LogP contribution in [0.4, 0.5) is 13.2 Å². The molecule has 1 rings (SSSR count). The predicted octanol–water partition coefficient (Wildman–Crippen LogP) is 2.77. The fraction of sp³-hybridized carbons (Fsp3) is 0.333. The van der Waals surface area contributed by atoms with E-state index in [1.54, 1.807) is 0 Å². The topological polar surface area (TPSA) is 29.5 Å². The molecule has 1 aromatic carbocycles. The summed E-state index contributed by atoms with van der Waals surface area (Å²) in [6, 6.07) is 4.01. The summed E-state index contributed by atoms with van der Waals surface area (Å²) < 4.78 is 39.9. The van der Waals surface area contributed by atoms with Gasteiger partial charge in [-0.3, -0.25) is 0 Å². The Morgan fingerprint density at radius 2 is 1.93 bits per heavy atom. The van der Waals surface area contributed by atoms with Crippen LogP contribution in [0.2, 0.25) is 5.02 Å². The Bertz CT molecular complexity index is 339. The third-order valence-corrected chi connectivity index (χ3v) is 1.73. The Labute approximate surface area is 89.2 Å². The van der Waals surface area contributed by atoms with E-state index in [9.17, 15) is 13.2 Å². The van der Waals surface area contributed by atoms with Crippen molar-refractivity contribution in [3.8, 4) is 5.75 Å². The van der Waals surface area contributed by atoms with Crippen molar-refractivity contribution in [1.29, 1.82) is 0 Å². The Balaban J connectivity index is 2.73. The van der Waals surface area contributed by atoms with Gasteiger partial charge in [0.25, 0.3) is 0 Å². The Kier molecular flexibility index (Phi) is 3.82. The minimum Gasteiger partial charge on any atom is -0.484 e. The normalized spacial score (nSPS) is 11.5. The number of benzene rings is 1. The van der Waals surface area contributed by atoms with Crippen molar-refractivity contribution in [2.24, 2.45) is 0 Å². The van der Waals surface area contributed by atoms with Crippen LogP contribution in [-0.2, 0) is 6.61 Å². The van der Waals surface area contributed by atoms with E-state index < -0.39 is 12.8 Å². The van der Waals surface area contributed by atoms with Gasteiger partial charge in [0.05, 0.1) is 6.61 Å². The number of hydrogen-bond donors (Lipinski definition) is 1. The molecule has 0 spiro atoms. The molecule has 6 heteroatoms. The fourth-order valence-electron chi connectivity index (χ4n) is 0.961. The largest absolute Gasteiger partial charge is 0.484 e. The summed E-state index contributed by atoms with van der Waals surface area (Å²) in [4.78, 5) is 0. The molecule has 0 saturated heterocycles. The Hall–Kier alpha value is -0.940. The first-order valence-corrected chi connectivity index (χ1v) is 4.38. The number of ether oxygens (including phenoxy) is 1. The van der Waals surface area contributed by atoms with Gasteiger partial charge in [-0.1, -0.05) is 11.6 Å². The number of rotatable bonds is 3. The summed E-state index contributed by atoms with van der Waals surface area (Å²) in [7, 11) is 0. The van der Waals surface area contributed by atoms with Gasteiger partial charge in [0.15, 0.2) is 6.61 Å². The first kappa shape index (κ1) is 12.1. The van der Waals surface area contributed by atoms with E-state index in [1.165, 1.54) is 18.2 Å². The lowest BCUT2D eigenvalue weighted by molar-refractivity contribution is -0.153. The van der Waals surface area contributed by atoms with Crippen LogP contribution in [0.15, 0.2) is 18.2 Å². The molecule has 0 amide bonds. The Morgan fingerprint density at radius 3 is 2.47 bits per heavy atom. The van der Waals surface area contributed by atoms with Crippen LogP contribution in [-0.4, -0.2) is 17.9 Å². The number of halogens is 4. The smallest absolute Gasteiger partial charge is 0.422 e. The standard InChI is InChI=1S/C9H8ClF3O2/c10-7-1-6(4-14)2-8(3-7)15-5-9(11,12)13/h1-3,14H,4-5H2. The summed E-state index contributed by atoms with van der Waals surface area (Å²) in [5.41, 5.74) is 0.402.